The number of nitrogens with zero attached hydrogens (tertiary/aromatic N) is 1. The second kappa shape index (κ2) is 4.79. The quantitative estimate of drug-likeness (QED) is 0.737. The third-order valence-electron chi connectivity index (χ3n) is 3.19. The van der Waals surface area contributed by atoms with E-state index in [4.69, 9.17) is 0 Å². The first-order valence-electron chi connectivity index (χ1n) is 5.86. The lowest BCUT2D eigenvalue weighted by molar-refractivity contribution is 0.245. The van der Waals surface area contributed by atoms with Crippen molar-refractivity contribution < 1.29 is 4.39 Å². The molecule has 0 radical (unpaired) electrons. The van der Waals surface area contributed by atoms with Crippen molar-refractivity contribution in [2.75, 3.05) is 13.1 Å². The average Bonchev–Trinajstić information content (AvgIpc) is 2.30. The number of rotatable bonds is 2. The van der Waals surface area contributed by atoms with E-state index in [1.165, 1.54) is 17.7 Å². The van der Waals surface area contributed by atoms with Gasteiger partial charge in [0.05, 0.1) is 0 Å². The van der Waals surface area contributed by atoms with E-state index in [1.807, 2.05) is 12.1 Å². The zero-order chi connectivity index (χ0) is 11.5. The van der Waals surface area contributed by atoms with Crippen LogP contribution in [-0.4, -0.2) is 24.0 Å². The Balaban J connectivity index is 2.10. The van der Waals surface area contributed by atoms with Gasteiger partial charge in [-0.1, -0.05) is 18.2 Å². The Hall–Kier alpha value is -1.15. The molecule has 0 unspecified atom stereocenters. The topological polar surface area (TPSA) is 3.24 Å². The van der Waals surface area contributed by atoms with Crippen LogP contribution in [0.25, 0.3) is 5.57 Å². The Bertz CT molecular complexity index is 378. The molecular weight excluding hydrogens is 201 g/mol. The summed E-state index contributed by atoms with van der Waals surface area (Å²) in [6.07, 6.45) is 3.32. The standard InChI is InChI=1S/C14H18FN/c1-11(2)16-9-7-13(8-10-16)12-3-5-14(15)6-4-12/h3-7,11H,8-10H2,1-2H3. The van der Waals surface area contributed by atoms with E-state index in [2.05, 4.69) is 24.8 Å². The molecule has 0 atom stereocenters. The van der Waals surface area contributed by atoms with Crippen LogP contribution in [0.4, 0.5) is 4.39 Å². The van der Waals surface area contributed by atoms with Crippen LogP contribution in [0.1, 0.15) is 25.8 Å². The van der Waals surface area contributed by atoms with Crippen LogP contribution < -0.4 is 0 Å². The zero-order valence-corrected chi connectivity index (χ0v) is 9.91. The fourth-order valence-electron chi connectivity index (χ4n) is 2.08. The Morgan fingerprint density at radius 2 is 1.88 bits per heavy atom. The van der Waals surface area contributed by atoms with Crippen LogP contribution in [0.2, 0.25) is 0 Å². The largest absolute Gasteiger partial charge is 0.297 e. The highest BCUT2D eigenvalue weighted by molar-refractivity contribution is 5.66. The molecule has 0 saturated carbocycles. The highest BCUT2D eigenvalue weighted by Crippen LogP contribution is 2.23. The Labute approximate surface area is 96.6 Å². The number of benzene rings is 1. The molecule has 86 valence electrons. The monoisotopic (exact) mass is 219 g/mol. The molecule has 1 nitrogen and oxygen atoms in total. The smallest absolute Gasteiger partial charge is 0.123 e. The molecule has 16 heavy (non-hydrogen) atoms. The van der Waals surface area contributed by atoms with Crippen LogP contribution in [0.15, 0.2) is 30.3 Å². The van der Waals surface area contributed by atoms with Gasteiger partial charge >= 0.3 is 0 Å². The van der Waals surface area contributed by atoms with Gasteiger partial charge < -0.3 is 0 Å². The average molecular weight is 219 g/mol. The van der Waals surface area contributed by atoms with Gasteiger partial charge in [0.25, 0.3) is 0 Å². The normalized spacial score (nSPS) is 17.6. The van der Waals surface area contributed by atoms with Gasteiger partial charge in [-0.2, -0.15) is 0 Å². The molecule has 1 heterocycles. The second-order valence-corrected chi connectivity index (χ2v) is 4.57. The summed E-state index contributed by atoms with van der Waals surface area (Å²) in [4.78, 5) is 2.44. The predicted octanol–water partition coefficient (Wildman–Crippen LogP) is 3.32. The lowest BCUT2D eigenvalue weighted by Gasteiger charge is -2.29. The summed E-state index contributed by atoms with van der Waals surface area (Å²) in [7, 11) is 0. The maximum atomic E-state index is 12.8. The summed E-state index contributed by atoms with van der Waals surface area (Å²) >= 11 is 0. The number of hydrogen-bond donors (Lipinski definition) is 0. The molecule has 0 spiro atoms. The lowest BCUT2D eigenvalue weighted by Crippen LogP contribution is -2.34. The maximum absolute atomic E-state index is 12.8. The first kappa shape index (κ1) is 11.3. The fourth-order valence-corrected chi connectivity index (χ4v) is 2.08. The van der Waals surface area contributed by atoms with Gasteiger partial charge in [-0.3, -0.25) is 4.90 Å². The minimum atomic E-state index is -0.163. The lowest BCUT2D eigenvalue weighted by atomic mass is 9.99. The Kier molecular flexibility index (Phi) is 3.39. The van der Waals surface area contributed by atoms with Gasteiger partial charge in [0, 0.05) is 19.1 Å². The van der Waals surface area contributed by atoms with Crippen LogP contribution in [0.3, 0.4) is 0 Å². The predicted molar refractivity (Wildman–Crippen MR) is 65.7 cm³/mol. The summed E-state index contributed by atoms with van der Waals surface area (Å²) in [6, 6.07) is 7.40. The van der Waals surface area contributed by atoms with Crippen LogP contribution in [0.5, 0.6) is 0 Å². The molecule has 2 rings (SSSR count). The molecule has 0 bridgehead atoms. The summed E-state index contributed by atoms with van der Waals surface area (Å²) < 4.78 is 12.8. The van der Waals surface area contributed by atoms with Gasteiger partial charge in [0.1, 0.15) is 5.82 Å². The van der Waals surface area contributed by atoms with E-state index in [-0.39, 0.29) is 5.82 Å². The van der Waals surface area contributed by atoms with Crippen molar-refractivity contribution in [3.8, 4) is 0 Å². The number of hydrogen-bond acceptors (Lipinski definition) is 1. The van der Waals surface area contributed by atoms with Gasteiger partial charge in [-0.25, -0.2) is 4.39 Å². The second-order valence-electron chi connectivity index (χ2n) is 4.57. The van der Waals surface area contributed by atoms with E-state index < -0.39 is 0 Å². The van der Waals surface area contributed by atoms with E-state index in [0.717, 1.165) is 25.1 Å². The highest BCUT2D eigenvalue weighted by Gasteiger charge is 2.14. The molecule has 1 aromatic carbocycles. The summed E-state index contributed by atoms with van der Waals surface area (Å²) in [5.74, 6) is -0.163. The first-order chi connectivity index (χ1) is 7.66. The molecule has 0 aliphatic carbocycles. The first-order valence-corrected chi connectivity index (χ1v) is 5.86. The number of halogens is 1. The summed E-state index contributed by atoms with van der Waals surface area (Å²) in [5, 5.41) is 0. The third-order valence-corrected chi connectivity index (χ3v) is 3.19. The molecule has 0 amide bonds. The molecular formula is C14H18FN. The van der Waals surface area contributed by atoms with Crippen LogP contribution >= 0.6 is 0 Å². The van der Waals surface area contributed by atoms with Gasteiger partial charge in [0.2, 0.25) is 0 Å². The van der Waals surface area contributed by atoms with Crippen LogP contribution in [-0.2, 0) is 0 Å². The molecule has 0 aromatic heterocycles. The van der Waals surface area contributed by atoms with E-state index in [0.29, 0.717) is 6.04 Å². The van der Waals surface area contributed by atoms with Gasteiger partial charge in [-0.15, -0.1) is 0 Å². The van der Waals surface area contributed by atoms with Crippen molar-refractivity contribution in [2.45, 2.75) is 26.3 Å². The summed E-state index contributed by atoms with van der Waals surface area (Å²) in [5.41, 5.74) is 2.50. The molecule has 1 aliphatic rings. The van der Waals surface area contributed by atoms with E-state index in [9.17, 15) is 4.39 Å². The van der Waals surface area contributed by atoms with Gasteiger partial charge in [-0.05, 0) is 43.5 Å². The minimum absolute atomic E-state index is 0.163. The maximum Gasteiger partial charge on any atom is 0.123 e. The summed E-state index contributed by atoms with van der Waals surface area (Å²) in [6.45, 7) is 6.54. The van der Waals surface area contributed by atoms with Crippen LogP contribution in [0, 0.1) is 5.82 Å². The molecule has 2 heteroatoms. The third kappa shape index (κ3) is 2.50. The molecule has 0 N–H and O–H groups in total. The van der Waals surface area contributed by atoms with E-state index >= 15 is 0 Å². The molecule has 0 saturated heterocycles. The molecule has 0 fully saturated rings. The Morgan fingerprint density at radius 3 is 2.38 bits per heavy atom. The van der Waals surface area contributed by atoms with Crippen molar-refractivity contribution in [2.24, 2.45) is 0 Å². The minimum Gasteiger partial charge on any atom is -0.297 e. The zero-order valence-electron chi connectivity index (χ0n) is 9.91. The molecule has 1 aliphatic heterocycles. The van der Waals surface area contributed by atoms with Crippen molar-refractivity contribution in [3.63, 3.8) is 0 Å². The SMILES string of the molecule is CC(C)N1CC=C(c2ccc(F)cc2)CC1. The Morgan fingerprint density at radius 1 is 1.19 bits per heavy atom. The van der Waals surface area contributed by atoms with Crippen molar-refractivity contribution >= 4 is 5.57 Å². The van der Waals surface area contributed by atoms with Crippen molar-refractivity contribution in [1.82, 2.24) is 4.90 Å². The van der Waals surface area contributed by atoms with Gasteiger partial charge in [0.15, 0.2) is 0 Å². The van der Waals surface area contributed by atoms with Crippen molar-refractivity contribution in [1.29, 1.82) is 0 Å². The highest BCUT2D eigenvalue weighted by atomic mass is 19.1. The van der Waals surface area contributed by atoms with Crippen molar-refractivity contribution in [3.05, 3.63) is 41.7 Å². The van der Waals surface area contributed by atoms with E-state index in [1.54, 1.807) is 0 Å². The fraction of sp³-hybridized carbons (Fsp3) is 0.429. The molecule has 1 aromatic rings.